The molecule has 2 rings (SSSR count). The van der Waals surface area contributed by atoms with Crippen molar-refractivity contribution in [3.63, 3.8) is 0 Å². The van der Waals surface area contributed by atoms with Gasteiger partial charge in [0.1, 0.15) is 0 Å². The van der Waals surface area contributed by atoms with Gasteiger partial charge >= 0.3 is 6.18 Å². The molecule has 0 aliphatic carbocycles. The van der Waals surface area contributed by atoms with Crippen LogP contribution in [0.25, 0.3) is 11.4 Å². The van der Waals surface area contributed by atoms with Gasteiger partial charge in [0.2, 0.25) is 0 Å². The number of halogens is 4. The van der Waals surface area contributed by atoms with E-state index in [-0.39, 0.29) is 17.3 Å². The van der Waals surface area contributed by atoms with Crippen molar-refractivity contribution < 1.29 is 13.2 Å². The van der Waals surface area contributed by atoms with E-state index in [1.54, 1.807) is 7.05 Å². The van der Waals surface area contributed by atoms with Gasteiger partial charge in [0, 0.05) is 25.0 Å². The number of nitrogens with zero attached hydrogens (tertiary/aromatic N) is 4. The quantitative estimate of drug-likeness (QED) is 0.792. The number of alkyl halides is 4. The lowest BCUT2D eigenvalue weighted by Gasteiger charge is -2.10. The van der Waals surface area contributed by atoms with E-state index in [2.05, 4.69) is 15.1 Å². The number of hydrogen-bond donors (Lipinski definition) is 0. The molecule has 0 bridgehead atoms. The Balaban J connectivity index is 2.52. The zero-order valence-electron chi connectivity index (χ0n) is 9.24. The number of aromatic nitrogens is 4. The first-order chi connectivity index (χ1) is 8.41. The van der Waals surface area contributed by atoms with Gasteiger partial charge in [-0.1, -0.05) is 0 Å². The third kappa shape index (κ3) is 2.45. The van der Waals surface area contributed by atoms with Crippen LogP contribution in [0.4, 0.5) is 13.2 Å². The van der Waals surface area contributed by atoms with Crippen molar-refractivity contribution in [3.05, 3.63) is 29.8 Å². The molecule has 4 nitrogen and oxygen atoms in total. The maximum absolute atomic E-state index is 12.8. The van der Waals surface area contributed by atoms with E-state index in [4.69, 9.17) is 11.6 Å². The van der Waals surface area contributed by atoms with Crippen LogP contribution in [-0.4, -0.2) is 19.7 Å². The molecule has 18 heavy (non-hydrogen) atoms. The Morgan fingerprint density at radius 2 is 2.06 bits per heavy atom. The molecule has 0 aromatic carbocycles. The van der Waals surface area contributed by atoms with Gasteiger partial charge in [0.15, 0.2) is 11.5 Å². The molecule has 2 aromatic rings. The molecule has 0 spiro atoms. The van der Waals surface area contributed by atoms with E-state index >= 15 is 0 Å². The summed E-state index contributed by atoms with van der Waals surface area (Å²) in [5.41, 5.74) is -0.729. The van der Waals surface area contributed by atoms with Crippen LogP contribution >= 0.6 is 11.6 Å². The summed E-state index contributed by atoms with van der Waals surface area (Å²) < 4.78 is 39.8. The molecule has 0 aliphatic heterocycles. The fraction of sp³-hybridized carbons (Fsp3) is 0.300. The van der Waals surface area contributed by atoms with Crippen molar-refractivity contribution in [2.45, 2.75) is 12.1 Å². The molecule has 0 saturated carbocycles. The van der Waals surface area contributed by atoms with Gasteiger partial charge in [-0.25, -0.2) is 9.97 Å². The summed E-state index contributed by atoms with van der Waals surface area (Å²) in [4.78, 5) is 7.38. The Morgan fingerprint density at radius 3 is 2.56 bits per heavy atom. The van der Waals surface area contributed by atoms with Crippen LogP contribution in [0, 0.1) is 0 Å². The smallest absolute Gasteiger partial charge is 0.275 e. The van der Waals surface area contributed by atoms with Crippen LogP contribution in [0.15, 0.2) is 18.6 Å². The Bertz CT molecular complexity index is 564. The van der Waals surface area contributed by atoms with Gasteiger partial charge in [0.05, 0.1) is 17.6 Å². The first-order valence-corrected chi connectivity index (χ1v) is 5.43. The number of rotatable bonds is 2. The highest BCUT2D eigenvalue weighted by Crippen LogP contribution is 2.32. The lowest BCUT2D eigenvalue weighted by molar-refractivity contribution is -0.141. The molecule has 0 amide bonds. The van der Waals surface area contributed by atoms with Crippen LogP contribution in [0.3, 0.4) is 0 Å². The van der Waals surface area contributed by atoms with Crippen LogP contribution in [-0.2, 0) is 19.1 Å². The van der Waals surface area contributed by atoms with E-state index < -0.39 is 11.9 Å². The minimum absolute atomic E-state index is 0.0238. The molecule has 0 atom stereocenters. The van der Waals surface area contributed by atoms with Crippen LogP contribution < -0.4 is 0 Å². The van der Waals surface area contributed by atoms with E-state index in [9.17, 15) is 13.2 Å². The van der Waals surface area contributed by atoms with Gasteiger partial charge in [-0.2, -0.15) is 18.3 Å². The summed E-state index contributed by atoms with van der Waals surface area (Å²) >= 11 is 5.44. The minimum atomic E-state index is -4.55. The lowest BCUT2D eigenvalue weighted by atomic mass is 10.2. The fourth-order valence-corrected chi connectivity index (χ4v) is 1.62. The monoisotopic (exact) mass is 276 g/mol. The normalized spacial score (nSPS) is 11.8. The van der Waals surface area contributed by atoms with Crippen molar-refractivity contribution >= 4 is 11.6 Å². The van der Waals surface area contributed by atoms with Gasteiger partial charge in [-0.15, -0.1) is 11.6 Å². The van der Waals surface area contributed by atoms with Crippen molar-refractivity contribution in [2.75, 3.05) is 0 Å². The molecule has 8 heteroatoms. The topological polar surface area (TPSA) is 43.6 Å². The van der Waals surface area contributed by atoms with Crippen molar-refractivity contribution in [3.8, 4) is 11.4 Å². The molecule has 0 saturated heterocycles. The minimum Gasteiger partial charge on any atom is -0.275 e. The zero-order valence-corrected chi connectivity index (χ0v) is 10.00. The summed E-state index contributed by atoms with van der Waals surface area (Å²) in [6.45, 7) is 0. The summed E-state index contributed by atoms with van der Waals surface area (Å²) in [6, 6.07) is 0. The standard InChI is InChI=1S/C10H8ClF3N4/c1-18-5-7(4-16-18)9-15-3-6(2-11)8(17-9)10(12,13)14/h3-5H,2H2,1H3. The average Bonchev–Trinajstić information content (AvgIpc) is 2.74. The molecule has 2 heterocycles. The van der Waals surface area contributed by atoms with Gasteiger partial charge in [-0.3, -0.25) is 4.68 Å². The Kier molecular flexibility index (Phi) is 3.25. The first kappa shape index (κ1) is 12.8. The largest absolute Gasteiger partial charge is 0.433 e. The van der Waals surface area contributed by atoms with E-state index in [0.717, 1.165) is 6.20 Å². The van der Waals surface area contributed by atoms with E-state index in [0.29, 0.717) is 5.56 Å². The highest BCUT2D eigenvalue weighted by molar-refractivity contribution is 6.17. The Labute approximate surface area is 105 Å². The van der Waals surface area contributed by atoms with Gasteiger partial charge in [0.25, 0.3) is 0 Å². The molecule has 0 N–H and O–H groups in total. The fourth-order valence-electron chi connectivity index (χ4n) is 1.43. The molecule has 0 aliphatic rings. The second-order valence-corrected chi connectivity index (χ2v) is 3.87. The van der Waals surface area contributed by atoms with E-state index in [1.807, 2.05) is 0 Å². The molecular formula is C10H8ClF3N4. The number of aryl methyl sites for hydroxylation is 1. The Hall–Kier alpha value is -1.63. The molecular weight excluding hydrogens is 269 g/mol. The summed E-state index contributed by atoms with van der Waals surface area (Å²) in [5, 5.41) is 3.86. The summed E-state index contributed by atoms with van der Waals surface area (Å²) in [5.74, 6) is -0.313. The second kappa shape index (κ2) is 4.56. The predicted molar refractivity (Wildman–Crippen MR) is 58.8 cm³/mol. The van der Waals surface area contributed by atoms with Crippen LogP contribution in [0.5, 0.6) is 0 Å². The second-order valence-electron chi connectivity index (χ2n) is 3.60. The predicted octanol–water partition coefficient (Wildman–Crippen LogP) is 2.63. The first-order valence-electron chi connectivity index (χ1n) is 4.90. The van der Waals surface area contributed by atoms with Crippen LogP contribution in [0.2, 0.25) is 0 Å². The molecule has 2 aromatic heterocycles. The highest BCUT2D eigenvalue weighted by Gasteiger charge is 2.35. The Morgan fingerprint density at radius 1 is 1.33 bits per heavy atom. The summed E-state index contributed by atoms with van der Waals surface area (Å²) in [7, 11) is 1.65. The third-order valence-electron chi connectivity index (χ3n) is 2.24. The van der Waals surface area contributed by atoms with Gasteiger partial charge in [-0.05, 0) is 0 Å². The molecule has 96 valence electrons. The van der Waals surface area contributed by atoms with Crippen molar-refractivity contribution in [1.82, 2.24) is 19.7 Å². The molecule has 0 unspecified atom stereocenters. The van der Waals surface area contributed by atoms with Crippen molar-refractivity contribution in [2.24, 2.45) is 7.05 Å². The zero-order chi connectivity index (χ0) is 13.3. The average molecular weight is 277 g/mol. The van der Waals surface area contributed by atoms with E-state index in [1.165, 1.54) is 17.1 Å². The molecule has 0 radical (unpaired) electrons. The molecule has 0 fully saturated rings. The van der Waals surface area contributed by atoms with Crippen LogP contribution in [0.1, 0.15) is 11.3 Å². The van der Waals surface area contributed by atoms with Crippen molar-refractivity contribution in [1.29, 1.82) is 0 Å². The summed E-state index contributed by atoms with van der Waals surface area (Å²) in [6.07, 6.45) is -0.527. The van der Waals surface area contributed by atoms with Gasteiger partial charge < -0.3 is 0 Å². The number of hydrogen-bond acceptors (Lipinski definition) is 3. The lowest BCUT2D eigenvalue weighted by Crippen LogP contribution is -2.13. The third-order valence-corrected chi connectivity index (χ3v) is 2.53. The maximum Gasteiger partial charge on any atom is 0.433 e. The maximum atomic E-state index is 12.8. The highest BCUT2D eigenvalue weighted by atomic mass is 35.5. The SMILES string of the molecule is Cn1cc(-c2ncc(CCl)c(C(F)(F)F)n2)cn1.